The van der Waals surface area contributed by atoms with Crippen LogP contribution in [0.3, 0.4) is 0 Å². The molecule has 3 aromatic rings. The molecule has 11 heteroatoms. The summed E-state index contributed by atoms with van der Waals surface area (Å²) < 4.78 is 14.7. The maximum Gasteiger partial charge on any atom is 0.272 e. The van der Waals surface area contributed by atoms with Gasteiger partial charge in [0.15, 0.2) is 5.16 Å². The van der Waals surface area contributed by atoms with E-state index >= 15 is 0 Å². The monoisotopic (exact) mass is 458 g/mol. The van der Waals surface area contributed by atoms with E-state index in [1.54, 1.807) is 0 Å². The van der Waals surface area contributed by atoms with Crippen molar-refractivity contribution in [2.45, 2.75) is 16.5 Å². The zero-order chi connectivity index (χ0) is 22.0. The molecule has 2 aromatic carbocycles. The first kappa shape index (κ1) is 21.1. The summed E-state index contributed by atoms with van der Waals surface area (Å²) in [5.74, 6) is -0.0441. The van der Waals surface area contributed by atoms with Gasteiger partial charge in [-0.15, -0.1) is 11.8 Å². The van der Waals surface area contributed by atoms with Gasteiger partial charge in [0.1, 0.15) is 5.82 Å². The Balaban J connectivity index is 1.55. The Bertz CT molecular complexity index is 1210. The Morgan fingerprint density at radius 3 is 2.61 bits per heavy atom. The lowest BCUT2D eigenvalue weighted by molar-refractivity contribution is -0.384. The van der Waals surface area contributed by atoms with Gasteiger partial charge in [0.05, 0.1) is 27.0 Å². The molecule has 0 aliphatic carbocycles. The molecule has 1 amide bonds. The first-order valence-electron chi connectivity index (χ1n) is 9.14. The fourth-order valence-corrected chi connectivity index (χ4v) is 4.85. The fraction of sp³-hybridized carbons (Fsp3) is 0.150. The number of nitro groups is 1. The number of rotatable bonds is 6. The van der Waals surface area contributed by atoms with Crippen molar-refractivity contribution in [3.05, 3.63) is 80.5 Å². The number of benzene rings is 2. The highest BCUT2D eigenvalue weighted by Crippen LogP contribution is 2.30. The topological polar surface area (TPSA) is 107 Å². The van der Waals surface area contributed by atoms with Crippen LogP contribution in [0, 0.1) is 15.9 Å². The number of nitrogens with zero attached hydrogens (tertiary/aromatic N) is 3. The SMILES string of the molecule is O=C(CSc1nc2c(c(=O)n1-c1ccc(F)cc1)SCC2)Nc1ccc([N+](=O)[O-])cc1. The summed E-state index contributed by atoms with van der Waals surface area (Å²) in [5, 5.41) is 13.7. The molecule has 0 unspecified atom stereocenters. The van der Waals surface area contributed by atoms with Gasteiger partial charge in [-0.25, -0.2) is 9.37 Å². The molecule has 0 radical (unpaired) electrons. The molecule has 1 aliphatic heterocycles. The largest absolute Gasteiger partial charge is 0.325 e. The van der Waals surface area contributed by atoms with Crippen LogP contribution in [0.4, 0.5) is 15.8 Å². The zero-order valence-corrected chi connectivity index (χ0v) is 17.5. The molecule has 0 atom stereocenters. The third-order valence-electron chi connectivity index (χ3n) is 4.45. The molecule has 0 spiro atoms. The number of carbonyl (C=O) groups excluding carboxylic acids is 1. The van der Waals surface area contributed by atoms with E-state index in [4.69, 9.17) is 0 Å². The molecular weight excluding hydrogens is 443 g/mol. The number of nitrogens with one attached hydrogen (secondary N) is 1. The number of aryl methyl sites for hydroxylation is 1. The van der Waals surface area contributed by atoms with Crippen LogP contribution in [-0.2, 0) is 11.2 Å². The number of fused-ring (bicyclic) bond motifs is 1. The van der Waals surface area contributed by atoms with E-state index in [-0.39, 0.29) is 22.9 Å². The number of hydrogen-bond donors (Lipinski definition) is 1. The van der Waals surface area contributed by atoms with E-state index in [1.807, 2.05) is 0 Å². The van der Waals surface area contributed by atoms with Crippen molar-refractivity contribution in [1.29, 1.82) is 0 Å². The molecule has 8 nitrogen and oxygen atoms in total. The second kappa shape index (κ2) is 8.90. The van der Waals surface area contributed by atoms with Gasteiger partial charge in [-0.3, -0.25) is 24.3 Å². The van der Waals surface area contributed by atoms with Gasteiger partial charge in [-0.05, 0) is 36.4 Å². The van der Waals surface area contributed by atoms with Crippen LogP contribution in [0.2, 0.25) is 0 Å². The third kappa shape index (κ3) is 4.62. The Kier molecular flexibility index (Phi) is 6.05. The average Bonchev–Trinajstić information content (AvgIpc) is 3.23. The highest BCUT2D eigenvalue weighted by molar-refractivity contribution is 8.00. The number of non-ortho nitro benzene ring substituents is 1. The summed E-state index contributed by atoms with van der Waals surface area (Å²) in [4.78, 5) is 40.8. The van der Waals surface area contributed by atoms with Crippen LogP contribution in [0.25, 0.3) is 5.69 Å². The fourth-order valence-electron chi connectivity index (χ4n) is 3.00. The van der Waals surface area contributed by atoms with Gasteiger partial charge < -0.3 is 5.32 Å². The lowest BCUT2D eigenvalue weighted by Gasteiger charge is -2.13. The smallest absolute Gasteiger partial charge is 0.272 e. The van der Waals surface area contributed by atoms with Crippen LogP contribution in [-0.4, -0.2) is 31.9 Å². The predicted octanol–water partition coefficient (Wildman–Crippen LogP) is 3.66. The van der Waals surface area contributed by atoms with Gasteiger partial charge in [0.25, 0.3) is 11.2 Å². The summed E-state index contributed by atoms with van der Waals surface area (Å²) >= 11 is 2.53. The van der Waals surface area contributed by atoms with Crippen molar-refractivity contribution in [2.75, 3.05) is 16.8 Å². The van der Waals surface area contributed by atoms with Crippen LogP contribution >= 0.6 is 23.5 Å². The number of halogens is 1. The summed E-state index contributed by atoms with van der Waals surface area (Å²) in [6, 6.07) is 11.0. The quantitative estimate of drug-likeness (QED) is 0.260. The van der Waals surface area contributed by atoms with Gasteiger partial charge in [-0.2, -0.15) is 0 Å². The standard InChI is InChI=1S/C20H15FN4O4S2/c21-12-1-5-14(6-2-12)24-19(27)18-16(9-10-30-18)23-20(24)31-11-17(26)22-13-3-7-15(8-4-13)25(28)29/h1-8H,9-11H2,(H,22,26). The van der Waals surface area contributed by atoms with Crippen molar-refractivity contribution in [2.24, 2.45) is 0 Å². The number of anilines is 1. The van der Waals surface area contributed by atoms with Crippen LogP contribution in [0.15, 0.2) is 63.4 Å². The first-order chi connectivity index (χ1) is 14.9. The molecule has 0 saturated heterocycles. The lowest BCUT2D eigenvalue weighted by Crippen LogP contribution is -2.24. The number of nitro benzene ring substituents is 1. The molecule has 31 heavy (non-hydrogen) atoms. The van der Waals surface area contributed by atoms with E-state index in [2.05, 4.69) is 10.3 Å². The first-order valence-corrected chi connectivity index (χ1v) is 11.1. The number of carbonyl (C=O) groups is 1. The summed E-state index contributed by atoms with van der Waals surface area (Å²) in [5.41, 5.74) is 1.28. The van der Waals surface area contributed by atoms with E-state index in [9.17, 15) is 24.1 Å². The minimum Gasteiger partial charge on any atom is -0.325 e. The van der Waals surface area contributed by atoms with Crippen LogP contribution < -0.4 is 10.9 Å². The van der Waals surface area contributed by atoms with Gasteiger partial charge in [-0.1, -0.05) is 11.8 Å². The van der Waals surface area contributed by atoms with Gasteiger partial charge >= 0.3 is 0 Å². The molecule has 0 fully saturated rings. The minimum atomic E-state index is -0.520. The van der Waals surface area contributed by atoms with Crippen LogP contribution in [0.1, 0.15) is 5.69 Å². The average molecular weight is 458 g/mol. The minimum absolute atomic E-state index is 0.0312. The molecule has 158 valence electrons. The van der Waals surface area contributed by atoms with Crippen molar-refractivity contribution in [1.82, 2.24) is 9.55 Å². The Morgan fingerprint density at radius 2 is 1.94 bits per heavy atom. The zero-order valence-electron chi connectivity index (χ0n) is 15.9. The van der Waals surface area contributed by atoms with Gasteiger partial charge in [0, 0.05) is 30.0 Å². The molecule has 1 aliphatic rings. The molecule has 1 aromatic heterocycles. The van der Waals surface area contributed by atoms with E-state index in [0.717, 1.165) is 17.5 Å². The second-order valence-corrected chi connectivity index (χ2v) is 8.57. The summed E-state index contributed by atoms with van der Waals surface area (Å²) in [6.45, 7) is 0. The number of thioether (sulfide) groups is 2. The predicted molar refractivity (Wildman–Crippen MR) is 117 cm³/mol. The van der Waals surface area contributed by atoms with E-state index in [1.165, 1.54) is 64.9 Å². The molecule has 0 saturated carbocycles. The highest BCUT2D eigenvalue weighted by Gasteiger charge is 2.23. The Labute approximate surface area is 184 Å². The Hall–Kier alpha value is -3.18. The molecular formula is C20H15FN4O4S2. The van der Waals surface area contributed by atoms with E-state index in [0.29, 0.717) is 33.5 Å². The second-order valence-electron chi connectivity index (χ2n) is 6.53. The lowest BCUT2D eigenvalue weighted by atomic mass is 10.3. The maximum absolute atomic E-state index is 13.4. The van der Waals surface area contributed by atoms with Crippen molar-refractivity contribution in [3.63, 3.8) is 0 Å². The summed E-state index contributed by atoms with van der Waals surface area (Å²) in [6.07, 6.45) is 0.669. The number of amides is 1. The number of aromatic nitrogens is 2. The third-order valence-corrected chi connectivity index (χ3v) is 6.49. The Morgan fingerprint density at radius 1 is 1.23 bits per heavy atom. The van der Waals surface area contributed by atoms with Gasteiger partial charge in [0.2, 0.25) is 5.91 Å². The van der Waals surface area contributed by atoms with Crippen molar-refractivity contribution < 1.29 is 14.1 Å². The summed E-state index contributed by atoms with van der Waals surface area (Å²) in [7, 11) is 0. The van der Waals surface area contributed by atoms with Crippen molar-refractivity contribution >= 4 is 40.8 Å². The molecule has 1 N–H and O–H groups in total. The molecule has 2 heterocycles. The maximum atomic E-state index is 13.4. The van der Waals surface area contributed by atoms with Crippen molar-refractivity contribution in [3.8, 4) is 5.69 Å². The van der Waals surface area contributed by atoms with E-state index < -0.39 is 10.7 Å². The number of hydrogen-bond acceptors (Lipinski definition) is 7. The van der Waals surface area contributed by atoms with Crippen LogP contribution in [0.5, 0.6) is 0 Å². The molecule has 0 bridgehead atoms. The normalized spacial score (nSPS) is 12.4. The highest BCUT2D eigenvalue weighted by atomic mass is 32.2. The molecule has 4 rings (SSSR count).